The van der Waals surface area contributed by atoms with Crippen LogP contribution in [0.4, 0.5) is 0 Å². The van der Waals surface area contributed by atoms with E-state index < -0.39 is 31.9 Å². The fourth-order valence-corrected chi connectivity index (χ4v) is 4.15. The summed E-state index contributed by atoms with van der Waals surface area (Å²) in [6, 6.07) is 0. The topological polar surface area (TPSA) is 77.5 Å². The van der Waals surface area contributed by atoms with Gasteiger partial charge in [-0.05, 0) is 6.42 Å². The van der Waals surface area contributed by atoms with Gasteiger partial charge in [0.05, 0.1) is 12.9 Å². The number of hydrogen-bond acceptors (Lipinski definition) is 5. The second-order valence-corrected chi connectivity index (χ2v) is 7.87. The van der Waals surface area contributed by atoms with Crippen molar-refractivity contribution in [3.05, 3.63) is 0 Å². The lowest BCUT2D eigenvalue weighted by molar-refractivity contribution is -0.140. The molecule has 17 heavy (non-hydrogen) atoms. The number of esters is 1. The first-order valence-electron chi connectivity index (χ1n) is 5.44. The predicted octanol–water partition coefficient (Wildman–Crippen LogP) is 0.512. The minimum Gasteiger partial charge on any atom is -0.468 e. The smallest absolute Gasteiger partial charge is 0.321 e. The number of sulfone groups is 1. The largest absolute Gasteiger partial charge is 0.468 e. The second kappa shape index (κ2) is 7.81. The summed E-state index contributed by atoms with van der Waals surface area (Å²) in [5, 5.41) is -0.707. The van der Waals surface area contributed by atoms with Gasteiger partial charge in [0.25, 0.3) is 0 Å². The maximum Gasteiger partial charge on any atom is 0.321 e. The normalized spacial score (nSPS) is 15.2. The van der Waals surface area contributed by atoms with Crippen molar-refractivity contribution in [2.45, 2.75) is 31.4 Å². The number of carbonyl (C=O) groups excluding carboxylic acids is 1. The number of ether oxygens (including phenoxy) is 1. The van der Waals surface area contributed by atoms with Gasteiger partial charge in [0.15, 0.2) is 0 Å². The lowest BCUT2D eigenvalue weighted by atomic mass is 10.2. The third-order valence-electron chi connectivity index (χ3n) is 2.26. The van der Waals surface area contributed by atoms with Crippen LogP contribution in [0.2, 0.25) is 0 Å². The van der Waals surface area contributed by atoms with Crippen molar-refractivity contribution in [3.63, 3.8) is 0 Å². The molecule has 5 nitrogen and oxygen atoms in total. The summed E-state index contributed by atoms with van der Waals surface area (Å²) in [6.07, 6.45) is 3.21. The van der Waals surface area contributed by atoms with Crippen LogP contribution in [0, 0.1) is 0 Å². The molecule has 0 aromatic carbocycles. The van der Waals surface area contributed by atoms with E-state index in [4.69, 9.17) is 0 Å². The summed E-state index contributed by atoms with van der Waals surface area (Å²) in [5.41, 5.74) is 0. The SMILES string of the molecule is CCCCC(C(=O)OC)S(=O)CCS(C)(=O)=O. The van der Waals surface area contributed by atoms with Crippen LogP contribution in [0.5, 0.6) is 0 Å². The molecule has 0 spiro atoms. The molecule has 0 aromatic rings. The first-order valence-corrected chi connectivity index (χ1v) is 8.88. The van der Waals surface area contributed by atoms with Crippen molar-refractivity contribution in [1.82, 2.24) is 0 Å². The number of carbonyl (C=O) groups is 1. The zero-order chi connectivity index (χ0) is 13.5. The van der Waals surface area contributed by atoms with Gasteiger partial charge in [0, 0.05) is 22.8 Å². The molecule has 0 N–H and O–H groups in total. The van der Waals surface area contributed by atoms with Gasteiger partial charge in [-0.3, -0.25) is 9.00 Å². The van der Waals surface area contributed by atoms with Gasteiger partial charge >= 0.3 is 5.97 Å². The Kier molecular flexibility index (Phi) is 7.61. The van der Waals surface area contributed by atoms with Crippen molar-refractivity contribution < 1.29 is 22.2 Å². The quantitative estimate of drug-likeness (QED) is 0.607. The molecule has 0 aliphatic carbocycles. The Balaban J connectivity index is 4.47. The van der Waals surface area contributed by atoms with Crippen LogP contribution in [0.15, 0.2) is 0 Å². The van der Waals surface area contributed by atoms with Crippen molar-refractivity contribution in [2.75, 3.05) is 24.9 Å². The predicted molar refractivity (Wildman–Crippen MR) is 68.0 cm³/mol. The average molecular weight is 284 g/mol. The summed E-state index contributed by atoms with van der Waals surface area (Å²) < 4.78 is 38.3. The number of rotatable bonds is 8. The van der Waals surface area contributed by atoms with E-state index in [1.165, 1.54) is 7.11 Å². The van der Waals surface area contributed by atoms with Crippen LogP contribution in [0.3, 0.4) is 0 Å². The molecular formula is C10H20O5S2. The van der Waals surface area contributed by atoms with E-state index in [0.717, 1.165) is 19.1 Å². The summed E-state index contributed by atoms with van der Waals surface area (Å²) in [6.45, 7) is 1.97. The molecule has 0 fully saturated rings. The Bertz CT molecular complexity index is 361. The number of hydrogen-bond donors (Lipinski definition) is 0. The Morgan fingerprint density at radius 3 is 2.41 bits per heavy atom. The Morgan fingerprint density at radius 1 is 1.41 bits per heavy atom. The summed E-state index contributed by atoms with van der Waals surface area (Å²) >= 11 is 0. The van der Waals surface area contributed by atoms with Gasteiger partial charge in [-0.2, -0.15) is 0 Å². The van der Waals surface area contributed by atoms with Crippen molar-refractivity contribution in [2.24, 2.45) is 0 Å². The monoisotopic (exact) mass is 284 g/mol. The molecule has 0 aliphatic heterocycles. The molecule has 0 bridgehead atoms. The van der Waals surface area contributed by atoms with Gasteiger partial charge < -0.3 is 4.74 Å². The number of unbranched alkanes of at least 4 members (excludes halogenated alkanes) is 1. The van der Waals surface area contributed by atoms with Gasteiger partial charge in [0.2, 0.25) is 0 Å². The first kappa shape index (κ1) is 16.6. The number of methoxy groups -OCH3 is 1. The zero-order valence-electron chi connectivity index (χ0n) is 10.5. The lowest BCUT2D eigenvalue weighted by Crippen LogP contribution is -2.30. The first-order chi connectivity index (χ1) is 7.81. The molecule has 0 saturated heterocycles. The van der Waals surface area contributed by atoms with Crippen LogP contribution in [0.25, 0.3) is 0 Å². The maximum atomic E-state index is 11.8. The minimum absolute atomic E-state index is 0.0116. The Hall–Kier alpha value is -0.430. The molecule has 2 unspecified atom stereocenters. The third-order valence-corrected chi connectivity index (χ3v) is 5.13. The Labute approximate surface area is 105 Å². The summed E-state index contributed by atoms with van der Waals surface area (Å²) in [4.78, 5) is 11.4. The molecule has 102 valence electrons. The molecule has 0 radical (unpaired) electrons. The van der Waals surface area contributed by atoms with E-state index >= 15 is 0 Å². The second-order valence-electron chi connectivity index (χ2n) is 3.87. The molecule has 0 amide bonds. The maximum absolute atomic E-state index is 11.8. The fourth-order valence-electron chi connectivity index (χ4n) is 1.25. The van der Waals surface area contributed by atoms with E-state index in [-0.39, 0.29) is 11.5 Å². The lowest BCUT2D eigenvalue weighted by Gasteiger charge is -2.13. The molecule has 0 saturated carbocycles. The highest BCUT2D eigenvalue weighted by Gasteiger charge is 2.25. The van der Waals surface area contributed by atoms with Crippen LogP contribution < -0.4 is 0 Å². The van der Waals surface area contributed by atoms with E-state index in [9.17, 15) is 17.4 Å². The fraction of sp³-hybridized carbons (Fsp3) is 0.900. The molecule has 0 aromatic heterocycles. The minimum atomic E-state index is -3.15. The zero-order valence-corrected chi connectivity index (χ0v) is 12.1. The van der Waals surface area contributed by atoms with E-state index in [0.29, 0.717) is 6.42 Å². The van der Waals surface area contributed by atoms with Crippen LogP contribution in [-0.2, 0) is 30.2 Å². The van der Waals surface area contributed by atoms with Gasteiger partial charge in [-0.15, -0.1) is 0 Å². The van der Waals surface area contributed by atoms with Crippen LogP contribution in [-0.4, -0.2) is 48.7 Å². The molecule has 7 heteroatoms. The van der Waals surface area contributed by atoms with Gasteiger partial charge in [0.1, 0.15) is 15.1 Å². The Morgan fingerprint density at radius 2 is 2.00 bits per heavy atom. The summed E-state index contributed by atoms with van der Waals surface area (Å²) in [7, 11) is -3.40. The van der Waals surface area contributed by atoms with Gasteiger partial charge in [-0.25, -0.2) is 8.42 Å². The molecular weight excluding hydrogens is 264 g/mol. The van der Waals surface area contributed by atoms with Crippen LogP contribution in [0.1, 0.15) is 26.2 Å². The highest BCUT2D eigenvalue weighted by Crippen LogP contribution is 2.10. The van der Waals surface area contributed by atoms with E-state index in [2.05, 4.69) is 4.74 Å². The summed E-state index contributed by atoms with van der Waals surface area (Å²) in [5.74, 6) is -0.702. The molecule has 0 aliphatic rings. The van der Waals surface area contributed by atoms with E-state index in [1.807, 2.05) is 6.92 Å². The molecule has 2 atom stereocenters. The highest BCUT2D eigenvalue weighted by atomic mass is 32.2. The van der Waals surface area contributed by atoms with Crippen LogP contribution >= 0.6 is 0 Å². The molecule has 0 heterocycles. The average Bonchev–Trinajstić information content (AvgIpc) is 2.25. The van der Waals surface area contributed by atoms with Gasteiger partial charge in [-0.1, -0.05) is 19.8 Å². The van der Waals surface area contributed by atoms with E-state index in [1.54, 1.807) is 0 Å². The standard InChI is InChI=1S/C10H20O5S2/c1-4-5-6-9(10(11)15-2)16(12)7-8-17(3,13)14/h9H,4-8H2,1-3H3. The third kappa shape index (κ3) is 7.49. The van der Waals surface area contributed by atoms with Crippen molar-refractivity contribution >= 4 is 26.6 Å². The molecule has 0 rings (SSSR count). The van der Waals surface area contributed by atoms with Crippen molar-refractivity contribution in [3.8, 4) is 0 Å². The van der Waals surface area contributed by atoms with Crippen molar-refractivity contribution in [1.29, 1.82) is 0 Å². The highest BCUT2D eigenvalue weighted by molar-refractivity contribution is 7.92.